The minimum absolute atomic E-state index is 0.190. The lowest BCUT2D eigenvalue weighted by Crippen LogP contribution is -2.50. The van der Waals surface area contributed by atoms with Gasteiger partial charge in [-0.2, -0.15) is 0 Å². The molecule has 0 amide bonds. The average Bonchev–Trinajstić information content (AvgIpc) is 3.24. The van der Waals surface area contributed by atoms with Crippen LogP contribution in [0.15, 0.2) is 24.3 Å². The van der Waals surface area contributed by atoms with E-state index in [0.717, 1.165) is 18.3 Å². The van der Waals surface area contributed by atoms with Gasteiger partial charge in [-0.05, 0) is 30.5 Å². The van der Waals surface area contributed by atoms with E-state index in [2.05, 4.69) is 35.8 Å². The Balaban J connectivity index is 1.57. The standard InChI is InChI=1S/C17H27N3/c1-17(2,14-3-5-15(18)6-4-14)13-19-9-11-20(12-10-19)16-7-8-16/h3-6,16H,7-13,18H2,1-2H3. The normalized spacial score (nSPS) is 22.1. The maximum atomic E-state index is 5.79. The van der Waals surface area contributed by atoms with E-state index in [9.17, 15) is 0 Å². The Kier molecular flexibility index (Phi) is 3.74. The summed E-state index contributed by atoms with van der Waals surface area (Å²) < 4.78 is 0. The van der Waals surface area contributed by atoms with Gasteiger partial charge in [0.25, 0.3) is 0 Å². The first kappa shape index (κ1) is 13.9. The number of nitrogens with zero attached hydrogens (tertiary/aromatic N) is 2. The lowest BCUT2D eigenvalue weighted by molar-refractivity contribution is 0.110. The molecular formula is C17H27N3. The summed E-state index contributed by atoms with van der Waals surface area (Å²) in [6.07, 6.45) is 2.86. The van der Waals surface area contributed by atoms with E-state index in [-0.39, 0.29) is 5.41 Å². The van der Waals surface area contributed by atoms with Gasteiger partial charge in [-0.1, -0.05) is 26.0 Å². The molecule has 0 radical (unpaired) electrons. The minimum atomic E-state index is 0.190. The van der Waals surface area contributed by atoms with Gasteiger partial charge in [0.2, 0.25) is 0 Å². The number of benzene rings is 1. The molecule has 1 aromatic carbocycles. The molecule has 3 nitrogen and oxygen atoms in total. The highest BCUT2D eigenvalue weighted by Gasteiger charge is 2.32. The highest BCUT2D eigenvalue weighted by Crippen LogP contribution is 2.29. The third-order valence-electron chi connectivity index (χ3n) is 4.78. The Morgan fingerprint density at radius 1 is 1.05 bits per heavy atom. The van der Waals surface area contributed by atoms with Crippen molar-refractivity contribution in [2.45, 2.75) is 38.1 Å². The van der Waals surface area contributed by atoms with E-state index in [4.69, 9.17) is 5.73 Å². The number of piperazine rings is 1. The summed E-state index contributed by atoms with van der Waals surface area (Å²) in [5.41, 5.74) is 8.21. The van der Waals surface area contributed by atoms with E-state index < -0.39 is 0 Å². The van der Waals surface area contributed by atoms with Crippen LogP contribution in [0.1, 0.15) is 32.3 Å². The summed E-state index contributed by atoms with van der Waals surface area (Å²) in [5, 5.41) is 0. The first-order chi connectivity index (χ1) is 9.54. The van der Waals surface area contributed by atoms with Gasteiger partial charge in [0, 0.05) is 49.9 Å². The van der Waals surface area contributed by atoms with Crippen LogP contribution < -0.4 is 5.73 Å². The van der Waals surface area contributed by atoms with Gasteiger partial charge in [0.05, 0.1) is 0 Å². The van der Waals surface area contributed by atoms with Crippen LogP contribution in [0.4, 0.5) is 5.69 Å². The molecule has 1 aliphatic carbocycles. The number of rotatable bonds is 4. The summed E-state index contributed by atoms with van der Waals surface area (Å²) >= 11 is 0. The Morgan fingerprint density at radius 3 is 2.20 bits per heavy atom. The molecule has 0 spiro atoms. The Morgan fingerprint density at radius 2 is 1.65 bits per heavy atom. The largest absolute Gasteiger partial charge is 0.399 e. The molecule has 3 rings (SSSR count). The smallest absolute Gasteiger partial charge is 0.0314 e. The van der Waals surface area contributed by atoms with E-state index in [1.807, 2.05) is 12.1 Å². The average molecular weight is 273 g/mol. The zero-order chi connectivity index (χ0) is 14.2. The zero-order valence-electron chi connectivity index (χ0n) is 12.8. The fourth-order valence-corrected chi connectivity index (χ4v) is 3.31. The second-order valence-electron chi connectivity index (χ2n) is 7.05. The van der Waals surface area contributed by atoms with Crippen molar-refractivity contribution < 1.29 is 0 Å². The SMILES string of the molecule is CC(C)(CN1CCN(C2CC2)CC1)c1ccc(N)cc1. The lowest BCUT2D eigenvalue weighted by Gasteiger charge is -2.39. The van der Waals surface area contributed by atoms with E-state index >= 15 is 0 Å². The molecule has 110 valence electrons. The molecule has 3 heteroatoms. The summed E-state index contributed by atoms with van der Waals surface area (Å²) in [6.45, 7) is 10.8. The summed E-state index contributed by atoms with van der Waals surface area (Å²) in [6, 6.07) is 9.30. The molecule has 0 aromatic heterocycles. The molecule has 0 atom stereocenters. The van der Waals surface area contributed by atoms with Gasteiger partial charge in [-0.15, -0.1) is 0 Å². The van der Waals surface area contributed by atoms with Gasteiger partial charge in [0.15, 0.2) is 0 Å². The Bertz CT molecular complexity index is 440. The van der Waals surface area contributed by atoms with Crippen molar-refractivity contribution in [3.8, 4) is 0 Å². The first-order valence-electron chi connectivity index (χ1n) is 7.87. The van der Waals surface area contributed by atoms with Gasteiger partial charge >= 0.3 is 0 Å². The van der Waals surface area contributed by atoms with Crippen LogP contribution in [0.3, 0.4) is 0 Å². The maximum absolute atomic E-state index is 5.79. The van der Waals surface area contributed by atoms with Crippen molar-refractivity contribution in [1.82, 2.24) is 9.80 Å². The Labute approximate surface area is 122 Å². The molecule has 1 aromatic rings. The van der Waals surface area contributed by atoms with Crippen molar-refractivity contribution in [2.24, 2.45) is 0 Å². The number of hydrogen-bond donors (Lipinski definition) is 1. The maximum Gasteiger partial charge on any atom is 0.0314 e. The monoisotopic (exact) mass is 273 g/mol. The van der Waals surface area contributed by atoms with E-state index in [1.54, 1.807) is 0 Å². The molecule has 2 N–H and O–H groups in total. The summed E-state index contributed by atoms with van der Waals surface area (Å²) in [5.74, 6) is 0. The molecule has 20 heavy (non-hydrogen) atoms. The fourth-order valence-electron chi connectivity index (χ4n) is 3.31. The van der Waals surface area contributed by atoms with E-state index in [0.29, 0.717) is 0 Å². The second-order valence-corrected chi connectivity index (χ2v) is 7.05. The zero-order valence-corrected chi connectivity index (χ0v) is 12.8. The van der Waals surface area contributed by atoms with Crippen molar-refractivity contribution in [3.63, 3.8) is 0 Å². The molecule has 2 aliphatic rings. The van der Waals surface area contributed by atoms with Crippen molar-refractivity contribution in [1.29, 1.82) is 0 Å². The Hall–Kier alpha value is -1.06. The third-order valence-corrected chi connectivity index (χ3v) is 4.78. The number of hydrogen-bond acceptors (Lipinski definition) is 3. The van der Waals surface area contributed by atoms with E-state index in [1.165, 1.54) is 44.6 Å². The molecule has 1 saturated heterocycles. The van der Waals surface area contributed by atoms with Gasteiger partial charge in [-0.3, -0.25) is 9.80 Å². The van der Waals surface area contributed by atoms with Crippen LogP contribution in [0.25, 0.3) is 0 Å². The minimum Gasteiger partial charge on any atom is -0.399 e. The predicted molar refractivity (Wildman–Crippen MR) is 84.9 cm³/mol. The van der Waals surface area contributed by atoms with Gasteiger partial charge in [0.1, 0.15) is 0 Å². The van der Waals surface area contributed by atoms with Crippen LogP contribution in [0, 0.1) is 0 Å². The van der Waals surface area contributed by atoms with Crippen molar-refractivity contribution in [3.05, 3.63) is 29.8 Å². The first-order valence-corrected chi connectivity index (χ1v) is 7.87. The van der Waals surface area contributed by atoms with Crippen LogP contribution in [-0.4, -0.2) is 48.6 Å². The van der Waals surface area contributed by atoms with Crippen LogP contribution in [0.2, 0.25) is 0 Å². The molecule has 0 unspecified atom stereocenters. The summed E-state index contributed by atoms with van der Waals surface area (Å²) in [7, 11) is 0. The predicted octanol–water partition coefficient (Wildman–Crippen LogP) is 2.33. The molecule has 2 fully saturated rings. The second kappa shape index (κ2) is 5.38. The quantitative estimate of drug-likeness (QED) is 0.855. The highest BCUT2D eigenvalue weighted by molar-refractivity contribution is 5.41. The van der Waals surface area contributed by atoms with Gasteiger partial charge in [-0.25, -0.2) is 0 Å². The van der Waals surface area contributed by atoms with Crippen molar-refractivity contribution >= 4 is 5.69 Å². The fraction of sp³-hybridized carbons (Fsp3) is 0.647. The summed E-state index contributed by atoms with van der Waals surface area (Å²) in [4.78, 5) is 5.29. The van der Waals surface area contributed by atoms with Crippen molar-refractivity contribution in [2.75, 3.05) is 38.5 Å². The molecular weight excluding hydrogens is 246 g/mol. The van der Waals surface area contributed by atoms with Crippen LogP contribution in [0.5, 0.6) is 0 Å². The molecule has 0 bridgehead atoms. The lowest BCUT2D eigenvalue weighted by atomic mass is 9.84. The van der Waals surface area contributed by atoms with Gasteiger partial charge < -0.3 is 5.73 Å². The van der Waals surface area contributed by atoms with Crippen LogP contribution >= 0.6 is 0 Å². The number of nitrogens with two attached hydrogens (primary N) is 1. The molecule has 1 saturated carbocycles. The third kappa shape index (κ3) is 3.15. The highest BCUT2D eigenvalue weighted by atomic mass is 15.3. The molecule has 1 heterocycles. The number of anilines is 1. The topological polar surface area (TPSA) is 32.5 Å². The number of nitrogen functional groups attached to an aromatic ring is 1. The van der Waals surface area contributed by atoms with Crippen LogP contribution in [-0.2, 0) is 5.41 Å². The molecule has 1 aliphatic heterocycles.